The molecule has 0 fully saturated rings. The van der Waals surface area contributed by atoms with E-state index in [1.807, 2.05) is 26.0 Å². The number of likely N-dealkylation sites (N-methyl/N-ethyl adjacent to an activating group) is 1. The van der Waals surface area contributed by atoms with Crippen LogP contribution in [0.1, 0.15) is 44.6 Å². The molecular weight excluding hydrogens is 437 g/mol. The van der Waals surface area contributed by atoms with Crippen molar-refractivity contribution in [2.45, 2.75) is 39.4 Å². The van der Waals surface area contributed by atoms with Crippen LogP contribution in [-0.4, -0.2) is 45.0 Å². The predicted molar refractivity (Wildman–Crippen MR) is 125 cm³/mol. The topological polar surface area (TPSA) is 96.3 Å². The number of carbonyl (C=O) groups excluding carboxylic acids is 3. The molecule has 0 radical (unpaired) electrons. The number of nitrogens with zero attached hydrogens (tertiary/aromatic N) is 3. The van der Waals surface area contributed by atoms with Crippen molar-refractivity contribution in [3.8, 4) is 0 Å². The molecule has 176 valence electrons. The third-order valence-electron chi connectivity index (χ3n) is 6.44. The molecule has 2 heterocycles. The van der Waals surface area contributed by atoms with Gasteiger partial charge in [0, 0.05) is 25.3 Å². The van der Waals surface area contributed by atoms with Crippen molar-refractivity contribution in [2.24, 2.45) is 0 Å². The Kier molecular flexibility index (Phi) is 5.95. The van der Waals surface area contributed by atoms with Gasteiger partial charge in [-0.25, -0.2) is 4.39 Å². The SMILES string of the molecule is Cc1cccc(NC(=O)c2cc3n(n2)CC(C)(C(=O)NCc2ccc(F)cc2)N(C)C3=O)c1C. The van der Waals surface area contributed by atoms with Crippen molar-refractivity contribution >= 4 is 23.4 Å². The summed E-state index contributed by atoms with van der Waals surface area (Å²) in [5.74, 6) is -1.59. The van der Waals surface area contributed by atoms with Crippen LogP contribution in [0.5, 0.6) is 0 Å². The molecule has 3 aromatic rings. The molecule has 4 rings (SSSR count). The second-order valence-corrected chi connectivity index (χ2v) is 8.72. The minimum atomic E-state index is -1.23. The third kappa shape index (κ3) is 4.16. The fraction of sp³-hybridized carbons (Fsp3) is 0.280. The van der Waals surface area contributed by atoms with E-state index in [2.05, 4.69) is 15.7 Å². The highest BCUT2D eigenvalue weighted by atomic mass is 19.1. The first kappa shape index (κ1) is 23.2. The molecule has 1 unspecified atom stereocenters. The van der Waals surface area contributed by atoms with E-state index in [4.69, 9.17) is 0 Å². The van der Waals surface area contributed by atoms with E-state index in [9.17, 15) is 18.8 Å². The minimum absolute atomic E-state index is 0.0799. The summed E-state index contributed by atoms with van der Waals surface area (Å²) in [6, 6.07) is 12.9. The lowest BCUT2D eigenvalue weighted by Gasteiger charge is -2.40. The summed E-state index contributed by atoms with van der Waals surface area (Å²) in [4.78, 5) is 40.3. The largest absolute Gasteiger partial charge is 0.350 e. The van der Waals surface area contributed by atoms with Crippen LogP contribution in [0.2, 0.25) is 0 Å². The van der Waals surface area contributed by atoms with Crippen LogP contribution in [0.25, 0.3) is 0 Å². The molecule has 0 aliphatic carbocycles. The number of aromatic nitrogens is 2. The lowest BCUT2D eigenvalue weighted by atomic mass is 9.96. The number of hydrogen-bond donors (Lipinski definition) is 2. The van der Waals surface area contributed by atoms with Crippen molar-refractivity contribution in [3.05, 3.63) is 82.4 Å². The summed E-state index contributed by atoms with van der Waals surface area (Å²) in [5.41, 5.74) is 2.49. The molecule has 1 aromatic heterocycles. The van der Waals surface area contributed by atoms with Gasteiger partial charge < -0.3 is 15.5 Å². The Labute approximate surface area is 196 Å². The van der Waals surface area contributed by atoms with Crippen LogP contribution in [0.3, 0.4) is 0 Å². The summed E-state index contributed by atoms with van der Waals surface area (Å²) in [7, 11) is 1.55. The number of halogens is 1. The van der Waals surface area contributed by atoms with Crippen molar-refractivity contribution in [1.82, 2.24) is 20.0 Å². The van der Waals surface area contributed by atoms with E-state index in [1.165, 1.54) is 27.8 Å². The number of rotatable bonds is 5. The van der Waals surface area contributed by atoms with Gasteiger partial charge in [-0.1, -0.05) is 24.3 Å². The summed E-state index contributed by atoms with van der Waals surface area (Å²) in [6.45, 7) is 5.78. The zero-order valence-electron chi connectivity index (χ0n) is 19.5. The predicted octanol–water partition coefficient (Wildman–Crippen LogP) is 3.05. The Balaban J connectivity index is 1.53. The van der Waals surface area contributed by atoms with Gasteiger partial charge in [-0.15, -0.1) is 0 Å². The second-order valence-electron chi connectivity index (χ2n) is 8.72. The van der Waals surface area contributed by atoms with Gasteiger partial charge in [0.1, 0.15) is 17.1 Å². The van der Waals surface area contributed by atoms with E-state index in [-0.39, 0.29) is 36.2 Å². The lowest BCUT2D eigenvalue weighted by molar-refractivity contribution is -0.132. The van der Waals surface area contributed by atoms with E-state index >= 15 is 0 Å². The van der Waals surface area contributed by atoms with Crippen LogP contribution in [-0.2, 0) is 17.9 Å². The maximum absolute atomic E-state index is 13.1. The maximum atomic E-state index is 13.1. The standard InChI is InChI=1S/C25H26FN5O3/c1-15-6-5-7-19(16(15)2)28-22(32)20-12-21-23(33)30(4)25(3,14-31(21)29-20)24(34)27-13-17-8-10-18(26)11-9-17/h5-12H,13-14H2,1-4H3,(H,27,34)(H,28,32). The van der Waals surface area contributed by atoms with Crippen molar-refractivity contribution < 1.29 is 18.8 Å². The fourth-order valence-corrected chi connectivity index (χ4v) is 3.89. The Morgan fingerprint density at radius 2 is 1.85 bits per heavy atom. The fourth-order valence-electron chi connectivity index (χ4n) is 3.89. The van der Waals surface area contributed by atoms with Crippen LogP contribution in [0.15, 0.2) is 48.5 Å². The molecule has 3 amide bonds. The first-order chi connectivity index (χ1) is 16.1. The Bertz CT molecular complexity index is 1280. The van der Waals surface area contributed by atoms with Crippen molar-refractivity contribution in [1.29, 1.82) is 0 Å². The average Bonchev–Trinajstić information content (AvgIpc) is 3.24. The number of anilines is 1. The van der Waals surface area contributed by atoms with Gasteiger partial charge in [-0.05, 0) is 55.7 Å². The highest BCUT2D eigenvalue weighted by Crippen LogP contribution is 2.27. The second kappa shape index (κ2) is 8.74. The molecule has 2 N–H and O–H groups in total. The number of carbonyl (C=O) groups is 3. The zero-order valence-corrected chi connectivity index (χ0v) is 19.5. The van der Waals surface area contributed by atoms with E-state index in [0.29, 0.717) is 5.69 Å². The molecule has 1 aliphatic heterocycles. The summed E-state index contributed by atoms with van der Waals surface area (Å²) < 4.78 is 14.5. The number of fused-ring (bicyclic) bond motifs is 1. The number of benzene rings is 2. The van der Waals surface area contributed by atoms with Gasteiger partial charge in [-0.2, -0.15) is 5.10 Å². The third-order valence-corrected chi connectivity index (χ3v) is 6.44. The molecule has 1 atom stereocenters. The average molecular weight is 464 g/mol. The highest BCUT2D eigenvalue weighted by molar-refractivity contribution is 6.06. The van der Waals surface area contributed by atoms with E-state index < -0.39 is 17.4 Å². The molecule has 0 spiro atoms. The smallest absolute Gasteiger partial charge is 0.276 e. The van der Waals surface area contributed by atoms with Crippen LogP contribution in [0.4, 0.5) is 10.1 Å². The Morgan fingerprint density at radius 3 is 2.56 bits per heavy atom. The molecule has 8 nitrogen and oxygen atoms in total. The molecule has 9 heteroatoms. The highest BCUT2D eigenvalue weighted by Gasteiger charge is 2.46. The van der Waals surface area contributed by atoms with Gasteiger partial charge in [0.05, 0.1) is 6.54 Å². The van der Waals surface area contributed by atoms with Gasteiger partial charge >= 0.3 is 0 Å². The first-order valence-electron chi connectivity index (χ1n) is 10.9. The van der Waals surface area contributed by atoms with Gasteiger partial charge in [0.2, 0.25) is 5.91 Å². The zero-order chi connectivity index (χ0) is 24.6. The monoisotopic (exact) mass is 463 g/mol. The van der Waals surface area contributed by atoms with E-state index in [0.717, 1.165) is 16.7 Å². The summed E-state index contributed by atoms with van der Waals surface area (Å²) in [6.07, 6.45) is 0. The Morgan fingerprint density at radius 1 is 1.15 bits per heavy atom. The lowest BCUT2D eigenvalue weighted by Crippen LogP contribution is -2.62. The van der Waals surface area contributed by atoms with Crippen molar-refractivity contribution in [3.63, 3.8) is 0 Å². The quantitative estimate of drug-likeness (QED) is 0.608. The van der Waals surface area contributed by atoms with Gasteiger partial charge in [0.15, 0.2) is 5.69 Å². The van der Waals surface area contributed by atoms with Crippen molar-refractivity contribution in [2.75, 3.05) is 12.4 Å². The summed E-state index contributed by atoms with van der Waals surface area (Å²) in [5, 5.41) is 9.98. The molecule has 0 saturated carbocycles. The number of nitrogens with one attached hydrogen (secondary N) is 2. The molecule has 34 heavy (non-hydrogen) atoms. The van der Waals surface area contributed by atoms with Gasteiger partial charge in [-0.3, -0.25) is 19.1 Å². The van der Waals surface area contributed by atoms with Crippen LogP contribution >= 0.6 is 0 Å². The Hall–Kier alpha value is -4.01. The first-order valence-corrected chi connectivity index (χ1v) is 10.9. The molecular formula is C25H26FN5O3. The van der Waals surface area contributed by atoms with E-state index in [1.54, 1.807) is 32.2 Å². The summed E-state index contributed by atoms with van der Waals surface area (Å²) >= 11 is 0. The van der Waals surface area contributed by atoms with Crippen LogP contribution in [0, 0.1) is 19.7 Å². The van der Waals surface area contributed by atoms with Gasteiger partial charge in [0.25, 0.3) is 11.8 Å². The maximum Gasteiger partial charge on any atom is 0.276 e. The molecule has 1 aliphatic rings. The number of aryl methyl sites for hydroxylation is 1. The number of hydrogen-bond acceptors (Lipinski definition) is 4. The normalized spacial score (nSPS) is 17.3. The molecule has 0 bridgehead atoms. The molecule has 2 aromatic carbocycles. The van der Waals surface area contributed by atoms with Crippen LogP contribution < -0.4 is 10.6 Å². The molecule has 0 saturated heterocycles. The number of amides is 3. The minimum Gasteiger partial charge on any atom is -0.350 e.